The summed E-state index contributed by atoms with van der Waals surface area (Å²) in [5.74, 6) is 1.18. The van der Waals surface area contributed by atoms with Gasteiger partial charge in [0.25, 0.3) is 0 Å². The number of hydrogen-bond donors (Lipinski definition) is 3. The second-order valence-electron chi connectivity index (χ2n) is 4.34. The van der Waals surface area contributed by atoms with Crippen molar-refractivity contribution in [2.24, 2.45) is 0 Å². The molecule has 0 bridgehead atoms. The summed E-state index contributed by atoms with van der Waals surface area (Å²) in [4.78, 5) is 12.5. The highest BCUT2D eigenvalue weighted by atomic mass is 15.1. The quantitative estimate of drug-likeness (QED) is 0.680. The average Bonchev–Trinajstić information content (AvgIpc) is 2.51. The predicted molar refractivity (Wildman–Crippen MR) is 83.7 cm³/mol. The monoisotopic (exact) mass is 278 g/mol. The Hall–Kier alpha value is -3.15. The second kappa shape index (κ2) is 5.87. The van der Waals surface area contributed by atoms with Gasteiger partial charge in [-0.3, -0.25) is 0 Å². The fourth-order valence-corrected chi connectivity index (χ4v) is 1.83. The molecule has 3 aromatic rings. The number of nitrogen functional groups attached to an aromatic ring is 1. The number of nitrogens with one attached hydrogen (secondary N) is 2. The van der Waals surface area contributed by atoms with Crippen LogP contribution in [0.1, 0.15) is 0 Å². The first-order valence-corrected chi connectivity index (χ1v) is 6.43. The van der Waals surface area contributed by atoms with Crippen molar-refractivity contribution in [3.63, 3.8) is 0 Å². The molecule has 0 atom stereocenters. The van der Waals surface area contributed by atoms with Crippen LogP contribution in [0, 0.1) is 0 Å². The first-order chi connectivity index (χ1) is 10.3. The summed E-state index contributed by atoms with van der Waals surface area (Å²) in [6.45, 7) is 0. The van der Waals surface area contributed by atoms with Crippen molar-refractivity contribution in [2.75, 3.05) is 16.4 Å². The molecule has 0 aliphatic heterocycles. The fraction of sp³-hybridized carbons (Fsp3) is 0. The van der Waals surface area contributed by atoms with E-state index < -0.39 is 0 Å². The van der Waals surface area contributed by atoms with Crippen molar-refractivity contribution in [3.8, 4) is 0 Å². The lowest BCUT2D eigenvalue weighted by Gasteiger charge is -2.10. The van der Waals surface area contributed by atoms with Gasteiger partial charge in [-0.1, -0.05) is 6.07 Å². The SMILES string of the molecule is Nc1cccnc1Nc1cccc(Nc2ncccn2)c1. The van der Waals surface area contributed by atoms with Gasteiger partial charge in [0.1, 0.15) is 0 Å². The van der Waals surface area contributed by atoms with E-state index >= 15 is 0 Å². The number of benzene rings is 1. The number of anilines is 5. The lowest BCUT2D eigenvalue weighted by Crippen LogP contribution is -2.00. The summed E-state index contributed by atoms with van der Waals surface area (Å²) < 4.78 is 0. The van der Waals surface area contributed by atoms with Crippen LogP contribution in [0.25, 0.3) is 0 Å². The van der Waals surface area contributed by atoms with Crippen LogP contribution in [0.2, 0.25) is 0 Å². The number of pyridine rings is 1. The molecule has 3 rings (SSSR count). The lowest BCUT2D eigenvalue weighted by atomic mass is 10.2. The van der Waals surface area contributed by atoms with Gasteiger partial charge in [0.05, 0.1) is 5.69 Å². The van der Waals surface area contributed by atoms with Crippen LogP contribution in [0.4, 0.5) is 28.8 Å². The van der Waals surface area contributed by atoms with E-state index in [0.717, 1.165) is 11.4 Å². The number of rotatable bonds is 4. The van der Waals surface area contributed by atoms with E-state index in [-0.39, 0.29) is 0 Å². The summed E-state index contributed by atoms with van der Waals surface area (Å²) in [5.41, 5.74) is 8.22. The molecule has 6 nitrogen and oxygen atoms in total. The largest absolute Gasteiger partial charge is 0.396 e. The third-order valence-electron chi connectivity index (χ3n) is 2.79. The maximum atomic E-state index is 5.87. The third kappa shape index (κ3) is 3.24. The topological polar surface area (TPSA) is 88.8 Å². The summed E-state index contributed by atoms with van der Waals surface area (Å²) in [7, 11) is 0. The molecule has 0 radical (unpaired) electrons. The summed E-state index contributed by atoms with van der Waals surface area (Å²) in [5, 5.41) is 6.31. The van der Waals surface area contributed by atoms with Gasteiger partial charge in [0.2, 0.25) is 5.95 Å². The molecule has 0 aliphatic carbocycles. The number of hydrogen-bond acceptors (Lipinski definition) is 6. The zero-order valence-electron chi connectivity index (χ0n) is 11.2. The maximum absolute atomic E-state index is 5.87. The molecule has 21 heavy (non-hydrogen) atoms. The Morgan fingerprint density at radius 3 is 2.24 bits per heavy atom. The second-order valence-corrected chi connectivity index (χ2v) is 4.34. The van der Waals surface area contributed by atoms with Crippen LogP contribution in [-0.4, -0.2) is 15.0 Å². The molecule has 104 valence electrons. The minimum absolute atomic E-state index is 0.548. The molecule has 2 heterocycles. The van der Waals surface area contributed by atoms with E-state index in [9.17, 15) is 0 Å². The van der Waals surface area contributed by atoms with Gasteiger partial charge < -0.3 is 16.4 Å². The third-order valence-corrected chi connectivity index (χ3v) is 2.79. The average molecular weight is 278 g/mol. The van der Waals surface area contributed by atoms with E-state index in [1.54, 1.807) is 36.8 Å². The van der Waals surface area contributed by atoms with Crippen molar-refractivity contribution in [3.05, 3.63) is 61.1 Å². The Balaban J connectivity index is 1.79. The van der Waals surface area contributed by atoms with E-state index in [1.165, 1.54) is 0 Å². The first-order valence-electron chi connectivity index (χ1n) is 6.43. The van der Waals surface area contributed by atoms with Crippen molar-refractivity contribution in [2.45, 2.75) is 0 Å². The molecule has 0 saturated heterocycles. The highest BCUT2D eigenvalue weighted by Crippen LogP contribution is 2.23. The fourth-order valence-electron chi connectivity index (χ4n) is 1.83. The highest BCUT2D eigenvalue weighted by Gasteiger charge is 2.02. The van der Waals surface area contributed by atoms with E-state index in [2.05, 4.69) is 25.6 Å². The predicted octanol–water partition coefficient (Wildman–Crippen LogP) is 2.94. The first kappa shape index (κ1) is 12.9. The van der Waals surface area contributed by atoms with Crippen LogP contribution < -0.4 is 16.4 Å². The molecule has 6 heteroatoms. The Kier molecular flexibility index (Phi) is 3.60. The molecule has 2 aromatic heterocycles. The maximum Gasteiger partial charge on any atom is 0.227 e. The molecule has 4 N–H and O–H groups in total. The van der Waals surface area contributed by atoms with Gasteiger partial charge in [-0.2, -0.15) is 0 Å². The Morgan fingerprint density at radius 1 is 0.762 bits per heavy atom. The Labute approximate surface area is 122 Å². The zero-order chi connectivity index (χ0) is 14.5. The van der Waals surface area contributed by atoms with Crippen LogP contribution in [0.5, 0.6) is 0 Å². The van der Waals surface area contributed by atoms with Crippen LogP contribution in [0.15, 0.2) is 61.1 Å². The van der Waals surface area contributed by atoms with Gasteiger partial charge >= 0.3 is 0 Å². The van der Waals surface area contributed by atoms with Gasteiger partial charge in [-0.05, 0) is 36.4 Å². The number of nitrogens with zero attached hydrogens (tertiary/aromatic N) is 3. The Morgan fingerprint density at radius 2 is 1.48 bits per heavy atom. The van der Waals surface area contributed by atoms with Gasteiger partial charge in [-0.15, -0.1) is 0 Å². The molecule has 0 amide bonds. The molecule has 0 unspecified atom stereocenters. The normalized spacial score (nSPS) is 10.1. The zero-order valence-corrected chi connectivity index (χ0v) is 11.2. The van der Waals surface area contributed by atoms with E-state index in [4.69, 9.17) is 5.73 Å². The number of nitrogens with two attached hydrogens (primary N) is 1. The lowest BCUT2D eigenvalue weighted by molar-refractivity contribution is 1.17. The minimum Gasteiger partial charge on any atom is -0.396 e. The van der Waals surface area contributed by atoms with Crippen molar-refractivity contribution in [1.29, 1.82) is 0 Å². The van der Waals surface area contributed by atoms with Crippen molar-refractivity contribution < 1.29 is 0 Å². The van der Waals surface area contributed by atoms with E-state index in [0.29, 0.717) is 17.5 Å². The smallest absolute Gasteiger partial charge is 0.227 e. The molecular weight excluding hydrogens is 264 g/mol. The molecule has 0 saturated carbocycles. The van der Waals surface area contributed by atoms with Crippen molar-refractivity contribution in [1.82, 2.24) is 15.0 Å². The van der Waals surface area contributed by atoms with Gasteiger partial charge in [0.15, 0.2) is 5.82 Å². The van der Waals surface area contributed by atoms with Gasteiger partial charge in [0, 0.05) is 30.0 Å². The summed E-state index contributed by atoms with van der Waals surface area (Å²) >= 11 is 0. The van der Waals surface area contributed by atoms with E-state index in [1.807, 2.05) is 24.3 Å². The Bertz CT molecular complexity index is 729. The molecule has 0 spiro atoms. The minimum atomic E-state index is 0.548. The highest BCUT2D eigenvalue weighted by molar-refractivity contribution is 5.71. The van der Waals surface area contributed by atoms with Crippen LogP contribution in [0.3, 0.4) is 0 Å². The molecule has 0 aliphatic rings. The number of aromatic nitrogens is 3. The van der Waals surface area contributed by atoms with Crippen molar-refractivity contribution >= 4 is 28.8 Å². The summed E-state index contributed by atoms with van der Waals surface area (Å²) in [6.07, 6.45) is 5.07. The van der Waals surface area contributed by atoms with Crippen LogP contribution in [-0.2, 0) is 0 Å². The molecular formula is C15H14N6. The molecule has 1 aromatic carbocycles. The molecule has 0 fully saturated rings. The standard InChI is InChI=1S/C15H14N6/c16-13-6-2-7-17-14(13)20-11-4-1-5-12(10-11)21-15-18-8-3-9-19-15/h1-10H,16H2,(H,17,20)(H,18,19,21). The van der Waals surface area contributed by atoms with Crippen LogP contribution >= 0.6 is 0 Å². The summed E-state index contributed by atoms with van der Waals surface area (Å²) in [6, 6.07) is 13.1. The van der Waals surface area contributed by atoms with Gasteiger partial charge in [-0.25, -0.2) is 15.0 Å².